The fraction of sp³-hybridized carbons (Fsp3) is 0.550. The summed E-state index contributed by atoms with van der Waals surface area (Å²) in [7, 11) is 0. The molecule has 3 rings (SSSR count). The van der Waals surface area contributed by atoms with Crippen molar-refractivity contribution in [2.24, 2.45) is 5.92 Å². The molecule has 2 unspecified atom stereocenters. The molecule has 1 saturated carbocycles. The maximum Gasteiger partial charge on any atom is 0.262 e. The molecule has 1 aromatic carbocycles. The van der Waals surface area contributed by atoms with E-state index in [2.05, 4.69) is 33.2 Å². The van der Waals surface area contributed by atoms with Gasteiger partial charge in [-0.05, 0) is 43.4 Å². The lowest BCUT2D eigenvalue weighted by Gasteiger charge is -2.29. The lowest BCUT2D eigenvalue weighted by atomic mass is 9.86. The van der Waals surface area contributed by atoms with Gasteiger partial charge in [-0.3, -0.25) is 14.2 Å². The summed E-state index contributed by atoms with van der Waals surface area (Å²) >= 11 is 4.76. The quantitative estimate of drug-likeness (QED) is 0.523. The van der Waals surface area contributed by atoms with Crippen LogP contribution < -0.4 is 10.9 Å². The Morgan fingerprint density at radius 3 is 2.89 bits per heavy atom. The molecule has 1 aromatic heterocycles. The van der Waals surface area contributed by atoms with E-state index in [1.165, 1.54) is 31.0 Å². The maximum absolute atomic E-state index is 12.9. The van der Waals surface area contributed by atoms with Gasteiger partial charge in [-0.2, -0.15) is 0 Å². The summed E-state index contributed by atoms with van der Waals surface area (Å²) in [5.74, 6) is 0.830. The van der Waals surface area contributed by atoms with Gasteiger partial charge in [-0.1, -0.05) is 54.4 Å². The third-order valence-electron chi connectivity index (χ3n) is 5.12. The van der Waals surface area contributed by atoms with Crippen molar-refractivity contribution in [3.8, 4) is 0 Å². The number of carbonyl (C=O) groups is 1. The van der Waals surface area contributed by atoms with Crippen molar-refractivity contribution < 1.29 is 4.79 Å². The summed E-state index contributed by atoms with van der Waals surface area (Å²) in [4.78, 5) is 30.0. The van der Waals surface area contributed by atoms with Crippen molar-refractivity contribution in [1.82, 2.24) is 14.9 Å². The highest BCUT2D eigenvalue weighted by Gasteiger charge is 2.23. The number of hydrogen-bond donors (Lipinski definition) is 1. The molecule has 0 radical (unpaired) electrons. The number of thioether (sulfide) groups is 1. The van der Waals surface area contributed by atoms with Crippen LogP contribution >= 0.6 is 27.7 Å². The third kappa shape index (κ3) is 4.93. The van der Waals surface area contributed by atoms with Gasteiger partial charge in [-0.25, -0.2) is 4.98 Å². The van der Waals surface area contributed by atoms with E-state index in [0.29, 0.717) is 28.5 Å². The minimum absolute atomic E-state index is 0.0203. The van der Waals surface area contributed by atoms with E-state index < -0.39 is 0 Å². The highest BCUT2D eigenvalue weighted by atomic mass is 79.9. The maximum atomic E-state index is 12.9. The second-order valence-electron chi connectivity index (χ2n) is 7.24. The number of aromatic nitrogens is 2. The molecule has 1 amide bonds. The highest BCUT2D eigenvalue weighted by Crippen LogP contribution is 2.24. The monoisotopic (exact) mass is 451 g/mol. The summed E-state index contributed by atoms with van der Waals surface area (Å²) in [6, 6.07) is 5.80. The van der Waals surface area contributed by atoms with Gasteiger partial charge in [0.15, 0.2) is 5.16 Å². The van der Waals surface area contributed by atoms with E-state index in [1.807, 2.05) is 25.1 Å². The molecule has 1 heterocycles. The molecule has 5 nitrogen and oxygen atoms in total. The Balaban J connectivity index is 1.77. The van der Waals surface area contributed by atoms with Crippen LogP contribution in [0.5, 0.6) is 0 Å². The fourth-order valence-corrected chi connectivity index (χ4v) is 4.81. The lowest BCUT2D eigenvalue weighted by Crippen LogP contribution is -2.41. The van der Waals surface area contributed by atoms with Crippen LogP contribution in [0.3, 0.4) is 0 Å². The van der Waals surface area contributed by atoms with Gasteiger partial charge in [0, 0.05) is 17.1 Å². The number of nitrogens with one attached hydrogen (secondary N) is 1. The van der Waals surface area contributed by atoms with E-state index in [1.54, 1.807) is 4.57 Å². The lowest BCUT2D eigenvalue weighted by molar-refractivity contribution is -0.119. The molecular weight excluding hydrogens is 426 g/mol. The molecule has 2 aromatic rings. The van der Waals surface area contributed by atoms with E-state index in [0.717, 1.165) is 17.3 Å². The minimum Gasteiger partial charge on any atom is -0.352 e. The van der Waals surface area contributed by atoms with Crippen molar-refractivity contribution in [3.05, 3.63) is 33.0 Å². The van der Waals surface area contributed by atoms with Crippen molar-refractivity contribution in [2.75, 3.05) is 5.75 Å². The molecule has 1 aliphatic rings. The topological polar surface area (TPSA) is 64.0 Å². The van der Waals surface area contributed by atoms with Crippen LogP contribution in [0, 0.1) is 5.92 Å². The first kappa shape index (κ1) is 20.4. The van der Waals surface area contributed by atoms with Crippen LogP contribution in [0.25, 0.3) is 10.9 Å². The van der Waals surface area contributed by atoms with Gasteiger partial charge < -0.3 is 5.32 Å². The Hall–Kier alpha value is -1.34. The van der Waals surface area contributed by atoms with Gasteiger partial charge in [-0.15, -0.1) is 0 Å². The van der Waals surface area contributed by atoms with Crippen LogP contribution in [-0.4, -0.2) is 27.3 Å². The molecule has 1 fully saturated rings. The second kappa shape index (κ2) is 9.24. The van der Waals surface area contributed by atoms with Gasteiger partial charge >= 0.3 is 0 Å². The molecule has 1 N–H and O–H groups in total. The van der Waals surface area contributed by atoms with Crippen LogP contribution in [0.1, 0.15) is 46.0 Å². The number of halogens is 1. The normalized spacial score (nSPS) is 20.0. The largest absolute Gasteiger partial charge is 0.352 e. The van der Waals surface area contributed by atoms with Crippen molar-refractivity contribution in [2.45, 2.75) is 63.7 Å². The average molecular weight is 452 g/mol. The van der Waals surface area contributed by atoms with Crippen LogP contribution in [-0.2, 0) is 11.3 Å². The number of fused-ring (bicyclic) bond motifs is 1. The first-order valence-electron chi connectivity index (χ1n) is 9.62. The number of carbonyl (C=O) groups excluding carboxylic acids is 1. The Morgan fingerprint density at radius 1 is 1.37 bits per heavy atom. The molecule has 27 heavy (non-hydrogen) atoms. The van der Waals surface area contributed by atoms with E-state index >= 15 is 0 Å². The molecule has 0 spiro atoms. The number of rotatable bonds is 6. The van der Waals surface area contributed by atoms with Gasteiger partial charge in [0.25, 0.3) is 5.56 Å². The SMILES string of the molecule is CCCn1c(SCC(=O)NC2CCCCC2C)nc2ccc(Br)cc2c1=O. The van der Waals surface area contributed by atoms with E-state index in [9.17, 15) is 9.59 Å². The molecule has 0 saturated heterocycles. The molecule has 1 aliphatic carbocycles. The smallest absolute Gasteiger partial charge is 0.262 e. The summed E-state index contributed by atoms with van der Waals surface area (Å²) < 4.78 is 2.55. The Bertz CT molecular complexity index is 883. The zero-order valence-electron chi connectivity index (χ0n) is 15.8. The average Bonchev–Trinajstić information content (AvgIpc) is 2.65. The molecule has 7 heteroatoms. The second-order valence-corrected chi connectivity index (χ2v) is 9.10. The van der Waals surface area contributed by atoms with Crippen LogP contribution in [0.4, 0.5) is 0 Å². The predicted molar refractivity (Wildman–Crippen MR) is 114 cm³/mol. The predicted octanol–water partition coefficient (Wildman–Crippen LogP) is 4.36. The molecule has 2 atom stereocenters. The standard InChI is InChI=1S/C20H26BrN3O2S/c1-3-10-24-19(26)15-11-14(21)8-9-17(15)23-20(24)27-12-18(25)22-16-7-5-4-6-13(16)2/h8-9,11,13,16H,3-7,10,12H2,1-2H3,(H,22,25). The van der Waals surface area contributed by atoms with Crippen LogP contribution in [0.15, 0.2) is 32.6 Å². The van der Waals surface area contributed by atoms with Crippen LogP contribution in [0.2, 0.25) is 0 Å². The van der Waals surface area contributed by atoms with Crippen molar-refractivity contribution in [1.29, 1.82) is 0 Å². The summed E-state index contributed by atoms with van der Waals surface area (Å²) in [5, 5.41) is 4.38. The number of benzene rings is 1. The Labute approximate surface area is 172 Å². The Morgan fingerprint density at radius 2 is 2.15 bits per heavy atom. The van der Waals surface area contributed by atoms with Gasteiger partial charge in [0.2, 0.25) is 5.91 Å². The molecule has 0 bridgehead atoms. The summed E-state index contributed by atoms with van der Waals surface area (Å²) in [5.41, 5.74) is 0.617. The number of amides is 1. The number of hydrogen-bond acceptors (Lipinski definition) is 4. The first-order valence-corrected chi connectivity index (χ1v) is 11.4. The summed E-state index contributed by atoms with van der Waals surface area (Å²) in [6.45, 7) is 4.83. The van der Waals surface area contributed by atoms with Crippen molar-refractivity contribution in [3.63, 3.8) is 0 Å². The molecule has 146 valence electrons. The third-order valence-corrected chi connectivity index (χ3v) is 6.59. The minimum atomic E-state index is -0.0491. The van der Waals surface area contributed by atoms with Crippen molar-refractivity contribution >= 4 is 44.5 Å². The molecular formula is C20H26BrN3O2S. The first-order chi connectivity index (χ1) is 13.0. The zero-order chi connectivity index (χ0) is 19.4. The van der Waals surface area contributed by atoms with E-state index in [4.69, 9.17) is 0 Å². The highest BCUT2D eigenvalue weighted by molar-refractivity contribution is 9.10. The molecule has 0 aliphatic heterocycles. The zero-order valence-corrected chi connectivity index (χ0v) is 18.2. The van der Waals surface area contributed by atoms with Gasteiger partial charge in [0.1, 0.15) is 0 Å². The number of nitrogens with zero attached hydrogens (tertiary/aromatic N) is 2. The summed E-state index contributed by atoms with van der Waals surface area (Å²) in [6.07, 6.45) is 5.50. The van der Waals surface area contributed by atoms with Gasteiger partial charge in [0.05, 0.1) is 16.7 Å². The Kier molecular flexibility index (Phi) is 6.98. The fourth-order valence-electron chi connectivity index (χ4n) is 3.61. The van der Waals surface area contributed by atoms with E-state index in [-0.39, 0.29) is 23.3 Å².